The van der Waals surface area contributed by atoms with E-state index in [0.29, 0.717) is 29.6 Å². The molecule has 35 heavy (non-hydrogen) atoms. The first-order valence-electron chi connectivity index (χ1n) is 13.8. The first kappa shape index (κ1) is 32.8. The smallest absolute Gasteiger partial charge is 0.174 e. The van der Waals surface area contributed by atoms with Crippen LogP contribution >= 0.6 is 0 Å². The van der Waals surface area contributed by atoms with Crippen molar-refractivity contribution in [2.45, 2.75) is 132 Å². The first-order chi connectivity index (χ1) is 15.8. The van der Waals surface area contributed by atoms with Crippen molar-refractivity contribution in [1.82, 2.24) is 0 Å². The lowest BCUT2D eigenvalue weighted by Gasteiger charge is -2.37. The van der Waals surface area contributed by atoms with E-state index in [0.717, 1.165) is 26.4 Å². The minimum Gasteiger partial charge on any atom is -0.348 e. The quantitative estimate of drug-likeness (QED) is 0.402. The molecular weight excluding hydrogens is 444 g/mol. The van der Waals surface area contributed by atoms with Crippen LogP contribution in [-0.4, -0.2) is 55.0 Å². The van der Waals surface area contributed by atoms with Crippen LogP contribution in [0.5, 0.6) is 0 Å². The predicted molar refractivity (Wildman–Crippen MR) is 142 cm³/mol. The predicted octanol–water partition coefficient (Wildman–Crippen LogP) is 7.05. The van der Waals surface area contributed by atoms with E-state index in [-0.39, 0.29) is 22.8 Å². The Morgan fingerprint density at radius 1 is 0.400 bits per heavy atom. The monoisotopic (exact) mass is 502 g/mol. The number of ether oxygens (including phenoxy) is 6. The van der Waals surface area contributed by atoms with Gasteiger partial charge in [-0.2, -0.15) is 0 Å². The van der Waals surface area contributed by atoms with Crippen molar-refractivity contribution < 1.29 is 28.4 Å². The average Bonchev–Trinajstić information content (AvgIpc) is 3.41. The maximum absolute atomic E-state index is 6.25. The molecule has 210 valence electrons. The average molecular weight is 503 g/mol. The van der Waals surface area contributed by atoms with E-state index in [2.05, 4.69) is 96.9 Å². The molecule has 0 radical (unpaired) electrons. The molecule has 3 saturated heterocycles. The molecule has 0 aliphatic carbocycles. The second-order valence-electron chi connectivity index (χ2n) is 12.9. The summed E-state index contributed by atoms with van der Waals surface area (Å²) >= 11 is 0. The fourth-order valence-electron chi connectivity index (χ4n) is 4.84. The highest BCUT2D eigenvalue weighted by atomic mass is 16.8. The van der Waals surface area contributed by atoms with Gasteiger partial charge in [-0.05, 0) is 34.6 Å². The second-order valence-corrected chi connectivity index (χ2v) is 12.9. The van der Waals surface area contributed by atoms with Gasteiger partial charge in [-0.15, -0.1) is 0 Å². The Kier molecular flexibility index (Phi) is 11.3. The van der Waals surface area contributed by atoms with Gasteiger partial charge in [0, 0.05) is 29.6 Å². The van der Waals surface area contributed by atoms with Gasteiger partial charge in [-0.1, -0.05) is 69.2 Å². The molecule has 0 aromatic carbocycles. The van der Waals surface area contributed by atoms with Crippen LogP contribution in [0.25, 0.3) is 0 Å². The molecule has 0 amide bonds. The highest BCUT2D eigenvalue weighted by Crippen LogP contribution is 2.50. The summed E-state index contributed by atoms with van der Waals surface area (Å²) < 4.78 is 34.5. The minimum absolute atomic E-state index is 0.235. The summed E-state index contributed by atoms with van der Waals surface area (Å²) in [6.07, 6.45) is 0. The van der Waals surface area contributed by atoms with Crippen molar-refractivity contribution in [1.29, 1.82) is 0 Å². The van der Waals surface area contributed by atoms with Gasteiger partial charge in [0.15, 0.2) is 17.4 Å². The normalized spacial score (nSPS) is 25.7. The van der Waals surface area contributed by atoms with Crippen LogP contribution in [0.2, 0.25) is 0 Å². The maximum Gasteiger partial charge on any atom is 0.174 e. The standard InChI is InChI=1S/C13H26O2.C9H18O2.C7H14O2/c1-9(2)13(10(3)4)14-11(5,6)12(7,8)15-13;1-7(2)9(8(3)4)10-5-6-11-9;1-6(2)7(3)8-4-5-9-7/h9-10H,1-8H3;7-8H,5-6H2,1-4H3;6H,4-5H2,1-3H3. The van der Waals surface area contributed by atoms with Crippen LogP contribution in [0.3, 0.4) is 0 Å². The molecular formula is C29H58O6. The lowest BCUT2D eigenvalue weighted by molar-refractivity contribution is -0.245. The van der Waals surface area contributed by atoms with Crippen LogP contribution in [-0.2, 0) is 28.4 Å². The summed E-state index contributed by atoms with van der Waals surface area (Å²) in [7, 11) is 0. The Labute approximate surface area is 217 Å². The SMILES string of the molecule is CC(C)C1(C(C)C)OC(C)(C)C(C)(C)O1.CC(C)C1(C(C)C)OCCO1.CC(C)C1(C)OCCO1. The van der Waals surface area contributed by atoms with Crippen LogP contribution < -0.4 is 0 Å². The summed E-state index contributed by atoms with van der Waals surface area (Å²) in [5.74, 6) is 0.986. The van der Waals surface area contributed by atoms with Crippen molar-refractivity contribution >= 4 is 0 Å². The summed E-state index contributed by atoms with van der Waals surface area (Å²) in [5.41, 5.74) is -0.469. The number of hydrogen-bond acceptors (Lipinski definition) is 6. The fourth-order valence-corrected chi connectivity index (χ4v) is 4.84. The molecule has 6 nitrogen and oxygen atoms in total. The van der Waals surface area contributed by atoms with Gasteiger partial charge in [-0.3, -0.25) is 0 Å². The van der Waals surface area contributed by atoms with E-state index in [1.165, 1.54) is 0 Å². The third-order valence-corrected chi connectivity index (χ3v) is 8.15. The molecule has 3 heterocycles. The van der Waals surface area contributed by atoms with Gasteiger partial charge in [0.05, 0.1) is 37.6 Å². The molecule has 0 aromatic heterocycles. The number of rotatable bonds is 5. The van der Waals surface area contributed by atoms with Gasteiger partial charge in [0.1, 0.15) is 0 Å². The van der Waals surface area contributed by atoms with E-state index in [1.807, 2.05) is 6.92 Å². The molecule has 0 bridgehead atoms. The molecule has 0 N–H and O–H groups in total. The third kappa shape index (κ3) is 7.20. The van der Waals surface area contributed by atoms with Gasteiger partial charge >= 0.3 is 0 Å². The van der Waals surface area contributed by atoms with E-state index < -0.39 is 5.79 Å². The summed E-state index contributed by atoms with van der Waals surface area (Å²) in [6.45, 7) is 34.9. The lowest BCUT2D eigenvalue weighted by atomic mass is 9.90. The molecule has 3 fully saturated rings. The molecule has 3 rings (SSSR count). The van der Waals surface area contributed by atoms with Crippen molar-refractivity contribution in [2.75, 3.05) is 26.4 Å². The summed E-state index contributed by atoms with van der Waals surface area (Å²) in [6, 6.07) is 0. The van der Waals surface area contributed by atoms with Crippen LogP contribution in [0, 0.1) is 29.6 Å². The van der Waals surface area contributed by atoms with Gasteiger partial charge in [0.25, 0.3) is 0 Å². The van der Waals surface area contributed by atoms with Gasteiger partial charge in [-0.25, -0.2) is 0 Å². The first-order valence-corrected chi connectivity index (χ1v) is 13.8. The van der Waals surface area contributed by atoms with E-state index in [9.17, 15) is 0 Å². The largest absolute Gasteiger partial charge is 0.348 e. The van der Waals surface area contributed by atoms with Crippen molar-refractivity contribution in [3.05, 3.63) is 0 Å². The molecule has 3 aliphatic rings. The molecule has 0 aromatic rings. The van der Waals surface area contributed by atoms with Crippen molar-refractivity contribution in [3.63, 3.8) is 0 Å². The number of hydrogen-bond donors (Lipinski definition) is 0. The van der Waals surface area contributed by atoms with Crippen molar-refractivity contribution in [3.8, 4) is 0 Å². The zero-order chi connectivity index (χ0) is 27.5. The Morgan fingerprint density at radius 3 is 0.857 bits per heavy atom. The molecule has 0 saturated carbocycles. The maximum atomic E-state index is 6.25. The molecule has 0 unspecified atom stereocenters. The zero-order valence-corrected chi connectivity index (χ0v) is 25.7. The highest BCUT2D eigenvalue weighted by molar-refractivity contribution is 5.01. The Balaban J connectivity index is 0.000000272. The summed E-state index contributed by atoms with van der Waals surface area (Å²) in [4.78, 5) is 0. The molecule has 3 aliphatic heterocycles. The Hall–Kier alpha value is -0.240. The van der Waals surface area contributed by atoms with Gasteiger partial charge in [0.2, 0.25) is 0 Å². The van der Waals surface area contributed by atoms with Crippen LogP contribution in [0.15, 0.2) is 0 Å². The van der Waals surface area contributed by atoms with Crippen LogP contribution in [0.1, 0.15) is 104 Å². The Bertz CT molecular complexity index is 587. The van der Waals surface area contributed by atoms with E-state index in [4.69, 9.17) is 28.4 Å². The molecule has 6 heteroatoms. The topological polar surface area (TPSA) is 55.4 Å². The van der Waals surface area contributed by atoms with Crippen molar-refractivity contribution in [2.24, 2.45) is 29.6 Å². The minimum atomic E-state index is -0.438. The third-order valence-electron chi connectivity index (χ3n) is 8.15. The fraction of sp³-hybridized carbons (Fsp3) is 1.00. The molecule has 0 spiro atoms. The van der Waals surface area contributed by atoms with Crippen LogP contribution in [0.4, 0.5) is 0 Å². The van der Waals surface area contributed by atoms with Gasteiger partial charge < -0.3 is 28.4 Å². The van der Waals surface area contributed by atoms with E-state index >= 15 is 0 Å². The highest BCUT2D eigenvalue weighted by Gasteiger charge is 2.59. The Morgan fingerprint density at radius 2 is 0.686 bits per heavy atom. The lowest BCUT2D eigenvalue weighted by Crippen LogP contribution is -2.43. The zero-order valence-electron chi connectivity index (χ0n) is 25.7. The summed E-state index contributed by atoms with van der Waals surface area (Å²) in [5, 5.41) is 0. The van der Waals surface area contributed by atoms with E-state index in [1.54, 1.807) is 0 Å². The second kappa shape index (κ2) is 12.1. The molecule has 0 atom stereocenters.